The van der Waals surface area contributed by atoms with E-state index in [1.807, 2.05) is 26.0 Å². The van der Waals surface area contributed by atoms with Crippen molar-refractivity contribution in [1.82, 2.24) is 5.32 Å². The molecule has 0 fully saturated rings. The molecule has 0 bridgehead atoms. The van der Waals surface area contributed by atoms with E-state index in [0.717, 1.165) is 53.6 Å². The summed E-state index contributed by atoms with van der Waals surface area (Å²) in [5.41, 5.74) is 1.04. The van der Waals surface area contributed by atoms with E-state index in [1.54, 1.807) is 18.9 Å². The Morgan fingerprint density at radius 3 is 2.20 bits per heavy atom. The quantitative estimate of drug-likeness (QED) is 0.0346. The number of hydrogen-bond acceptors (Lipinski definition) is 12. The topological polar surface area (TPSA) is 241 Å². The highest BCUT2D eigenvalue weighted by molar-refractivity contribution is 7.51. The molecule has 3 aromatic rings. The molecule has 2 atom stereocenters. The number of methoxy groups -OCH3 is 1. The number of carbonyl (C=O) groups excluding carboxylic acids is 3. The van der Waals surface area contributed by atoms with Crippen molar-refractivity contribution in [3.63, 3.8) is 0 Å². The number of ether oxygens (including phenoxy) is 4. The van der Waals surface area contributed by atoms with E-state index < -0.39 is 72.4 Å². The predicted molar refractivity (Wildman–Crippen MR) is 214 cm³/mol. The van der Waals surface area contributed by atoms with E-state index in [4.69, 9.17) is 57.0 Å². The summed E-state index contributed by atoms with van der Waals surface area (Å²) in [7, 11) is -2.46. The molecule has 0 saturated heterocycles. The van der Waals surface area contributed by atoms with Gasteiger partial charge in [0.25, 0.3) is 5.69 Å². The summed E-state index contributed by atoms with van der Waals surface area (Å²) in [5, 5.41) is 20.9. The first-order valence-corrected chi connectivity index (χ1v) is 20.3. The number of benzene rings is 3. The number of anilines is 1. The summed E-state index contributed by atoms with van der Waals surface area (Å²) in [5.74, 6) is -3.61. The van der Waals surface area contributed by atoms with Gasteiger partial charge in [0.05, 0.1) is 53.3 Å². The van der Waals surface area contributed by atoms with Crippen LogP contribution in [0.25, 0.3) is 0 Å². The van der Waals surface area contributed by atoms with E-state index in [-0.39, 0.29) is 41.0 Å². The average Bonchev–Trinajstić information content (AvgIpc) is 3.15. The number of aliphatic carboxylic acids is 1. The van der Waals surface area contributed by atoms with Gasteiger partial charge in [0.15, 0.2) is 6.10 Å². The van der Waals surface area contributed by atoms with Crippen LogP contribution >= 0.6 is 30.8 Å². The fraction of sp³-hybridized carbons (Fsp3) is 0.405. The van der Waals surface area contributed by atoms with Crippen LogP contribution in [-0.4, -0.2) is 94.8 Å². The number of carbonyl (C=O) groups is 4. The number of esters is 2. The molecule has 0 spiro atoms. The number of nitrogens with zero attached hydrogens (tertiary/aromatic N) is 2. The first-order valence-electron chi connectivity index (χ1n) is 17.5. The number of para-hydroxylation sites is 1. The van der Waals surface area contributed by atoms with E-state index in [0.29, 0.717) is 12.7 Å². The number of nitro groups is 1. The predicted octanol–water partition coefficient (Wildman–Crippen LogP) is 7.13. The van der Waals surface area contributed by atoms with Gasteiger partial charge in [-0.3, -0.25) is 29.6 Å². The summed E-state index contributed by atoms with van der Waals surface area (Å²) in [6.07, 6.45) is -5.66. The zero-order chi connectivity index (χ0) is 46.0. The minimum Gasteiger partial charge on any atom is -0.480 e. The van der Waals surface area contributed by atoms with Crippen molar-refractivity contribution in [2.24, 2.45) is 0 Å². The van der Waals surface area contributed by atoms with Crippen molar-refractivity contribution < 1.29 is 75.7 Å². The highest BCUT2D eigenvalue weighted by Crippen LogP contribution is 2.37. The first kappa shape index (κ1) is 53.2. The van der Waals surface area contributed by atoms with E-state index in [2.05, 4.69) is 18.3 Å². The van der Waals surface area contributed by atoms with Crippen LogP contribution in [0.5, 0.6) is 11.5 Å². The lowest BCUT2D eigenvalue weighted by atomic mass is 10.0. The monoisotopic (exact) mass is 913 g/mol. The average molecular weight is 915 g/mol. The Hall–Kier alpha value is -4.82. The molecule has 3 rings (SSSR count). The number of hydrogen-bond donors (Lipinski definition) is 4. The van der Waals surface area contributed by atoms with Crippen LogP contribution in [0.1, 0.15) is 54.7 Å². The fourth-order valence-electron chi connectivity index (χ4n) is 4.95. The number of alkyl halides is 4. The van der Waals surface area contributed by atoms with Gasteiger partial charge in [-0.1, -0.05) is 36.7 Å². The van der Waals surface area contributed by atoms with Crippen LogP contribution in [0.3, 0.4) is 0 Å². The second-order valence-electron chi connectivity index (χ2n) is 12.3. The van der Waals surface area contributed by atoms with Crippen LogP contribution in [0.2, 0.25) is 5.02 Å². The van der Waals surface area contributed by atoms with Crippen molar-refractivity contribution in [3.8, 4) is 11.5 Å². The largest absolute Gasteiger partial charge is 0.480 e. The van der Waals surface area contributed by atoms with Crippen LogP contribution in [0.15, 0.2) is 54.6 Å². The molecule has 2 unspecified atom stereocenters. The lowest BCUT2D eigenvalue weighted by molar-refractivity contribution is -0.385. The highest BCUT2D eigenvalue weighted by Gasteiger charge is 2.32. The standard InChI is InChI=1S/C19H15ClF3NO7.C15H22ClNO2.C3H8NO5P/c1-3-29-17(25)10(2)30-18(26)13-9-12(5-6-15(13)24(27)28)31-16-7-4-11(8-14(16)20)19(21,22)23;1-5-13-8-6-7-11(2)15(13)17(14(18)9-16)12(3)10-19-4;5-3(6)1-4-2-10(7,8)9/h4-10H,3H2,1-2H3;6-8,12H,5,9-10H2,1-4H3;4H,1-2H2,(H,5,6)(H2,7,8,9). The van der Waals surface area contributed by atoms with Crippen LogP contribution in [0.4, 0.5) is 24.5 Å². The maximum Gasteiger partial charge on any atom is 0.416 e. The number of halogens is 5. The minimum atomic E-state index is -4.61. The molecule has 332 valence electrons. The molecule has 60 heavy (non-hydrogen) atoms. The third kappa shape index (κ3) is 17.8. The second-order valence-corrected chi connectivity index (χ2v) is 14.6. The van der Waals surface area contributed by atoms with Gasteiger partial charge in [0, 0.05) is 19.2 Å². The third-order valence-corrected chi connectivity index (χ3v) is 8.70. The van der Waals surface area contributed by atoms with Crippen molar-refractivity contribution in [1.29, 1.82) is 0 Å². The molecule has 0 aliphatic carbocycles. The lowest BCUT2D eigenvalue weighted by Gasteiger charge is -2.31. The van der Waals surface area contributed by atoms with Crippen molar-refractivity contribution in [2.45, 2.75) is 59.4 Å². The van der Waals surface area contributed by atoms with Gasteiger partial charge in [-0.2, -0.15) is 13.2 Å². The van der Waals surface area contributed by atoms with Gasteiger partial charge in [-0.25, -0.2) is 9.59 Å². The molecular weight excluding hydrogens is 869 g/mol. The molecule has 3 aromatic carbocycles. The number of amides is 1. The second kappa shape index (κ2) is 25.1. The first-order chi connectivity index (χ1) is 27.9. The SMILES string of the molecule is CCOC(=O)C(C)OC(=O)c1cc(Oc2ccc(C(F)(F)F)cc2Cl)ccc1[N+](=O)[O-].CCc1cccc(C)c1N(C(=O)CCl)C(C)COC.O=C(O)CNCP(=O)(O)O. The minimum absolute atomic E-state index is 0.0223. The van der Waals surface area contributed by atoms with Crippen molar-refractivity contribution in [3.05, 3.63) is 92.0 Å². The Morgan fingerprint density at radius 1 is 1.05 bits per heavy atom. The Morgan fingerprint density at radius 2 is 1.70 bits per heavy atom. The molecule has 4 N–H and O–H groups in total. The van der Waals surface area contributed by atoms with E-state index >= 15 is 0 Å². The third-order valence-electron chi connectivity index (χ3n) is 7.54. The number of nitrogens with one attached hydrogen (secondary N) is 1. The van der Waals surface area contributed by atoms with Gasteiger partial charge in [0.1, 0.15) is 22.9 Å². The number of carboxylic acids is 1. The maximum atomic E-state index is 12.8. The molecule has 23 heteroatoms. The number of nitro benzene ring substituents is 1. The fourth-order valence-corrected chi connectivity index (χ4v) is 5.70. The Labute approximate surface area is 353 Å². The van der Waals surface area contributed by atoms with E-state index in [9.17, 15) is 47.0 Å². The Kier molecular flexibility index (Phi) is 22.2. The summed E-state index contributed by atoms with van der Waals surface area (Å²) >= 11 is 11.6. The van der Waals surface area contributed by atoms with Gasteiger partial charge in [0.2, 0.25) is 5.91 Å². The van der Waals surface area contributed by atoms with Crippen molar-refractivity contribution >= 4 is 66.0 Å². The van der Waals surface area contributed by atoms with Gasteiger partial charge >= 0.3 is 31.7 Å². The molecule has 0 aliphatic heterocycles. The van der Waals surface area contributed by atoms with Crippen LogP contribution in [-0.2, 0) is 45.8 Å². The normalized spacial score (nSPS) is 12.0. The number of rotatable bonds is 17. The molecule has 0 aliphatic rings. The van der Waals surface area contributed by atoms with Gasteiger partial charge in [-0.15, -0.1) is 11.6 Å². The zero-order valence-electron chi connectivity index (χ0n) is 33.2. The molecular formula is C37H45Cl2F3N3O14P. The molecule has 17 nitrogen and oxygen atoms in total. The zero-order valence-corrected chi connectivity index (χ0v) is 35.6. The summed E-state index contributed by atoms with van der Waals surface area (Å²) < 4.78 is 68.4. The maximum absolute atomic E-state index is 12.8. The number of carboxylic acid groups (broad SMARTS) is 1. The number of aryl methyl sites for hydroxylation is 2. The lowest BCUT2D eigenvalue weighted by Crippen LogP contribution is -2.43. The Balaban J connectivity index is 0.000000524. The molecule has 0 aromatic heterocycles. The summed E-state index contributed by atoms with van der Waals surface area (Å²) in [6, 6.07) is 11.4. The molecule has 0 radical (unpaired) electrons. The van der Waals surface area contributed by atoms with Gasteiger partial charge < -0.3 is 38.7 Å². The van der Waals surface area contributed by atoms with E-state index in [1.165, 1.54) is 6.92 Å². The molecule has 0 saturated carbocycles. The van der Waals surface area contributed by atoms with Crippen LogP contribution in [0, 0.1) is 17.0 Å². The Bertz CT molecular complexity index is 2000. The van der Waals surface area contributed by atoms with Crippen molar-refractivity contribution in [2.75, 3.05) is 43.9 Å². The molecule has 1 amide bonds. The smallest absolute Gasteiger partial charge is 0.416 e. The summed E-state index contributed by atoms with van der Waals surface area (Å²) in [6.45, 7) is 8.93. The molecule has 0 heterocycles. The highest BCUT2D eigenvalue weighted by atomic mass is 35.5. The summed E-state index contributed by atoms with van der Waals surface area (Å²) in [4.78, 5) is 74.5. The van der Waals surface area contributed by atoms with Crippen LogP contribution < -0.4 is 15.0 Å². The van der Waals surface area contributed by atoms with Gasteiger partial charge in [-0.05, 0) is 69.5 Å².